The molecule has 0 aromatic rings. The van der Waals surface area contributed by atoms with Crippen molar-refractivity contribution < 1.29 is 11.6 Å². The summed E-state index contributed by atoms with van der Waals surface area (Å²) >= 11 is 0. The molecule has 0 unspecified atom stereocenters. The third-order valence-corrected chi connectivity index (χ3v) is 0.305. The first-order chi connectivity index (χ1) is 2.77. The fraction of sp³-hybridized carbons (Fsp3) is 0.333. The zero-order valence-electron chi connectivity index (χ0n) is 3.69. The standard InChI is InChI=1S/C3H8N2O.H2/c1-3(6)5-4-2;/h2,4H2,1H3,(H,5,6);1H. The minimum atomic E-state index is -0.0787. The van der Waals surface area contributed by atoms with Crippen molar-refractivity contribution in [2.24, 2.45) is 0 Å². The van der Waals surface area contributed by atoms with Crippen LogP contribution >= 0.6 is 0 Å². The average molecular weight is 90.1 g/mol. The Hall–Kier alpha value is -0.570. The van der Waals surface area contributed by atoms with E-state index in [1.807, 2.05) is 0 Å². The summed E-state index contributed by atoms with van der Waals surface area (Å²) in [6, 6.07) is 0. The number of carbonyl (C=O) groups is 1. The molecule has 0 fully saturated rings. The Labute approximate surface area is 38.2 Å². The molecule has 0 aliphatic carbocycles. The van der Waals surface area contributed by atoms with Gasteiger partial charge in [0.1, 0.15) is 0 Å². The SMILES string of the molecule is [CH2-][NH2+]NC(C)=O.[HH]. The topological polar surface area (TPSA) is 45.7 Å². The summed E-state index contributed by atoms with van der Waals surface area (Å²) in [5.74, 6) is -0.0787. The molecule has 0 atom stereocenters. The van der Waals surface area contributed by atoms with Crippen molar-refractivity contribution in [1.82, 2.24) is 5.43 Å². The Morgan fingerprint density at radius 2 is 2.67 bits per heavy atom. The molecule has 0 aromatic carbocycles. The average Bonchev–Trinajstić information content (AvgIpc) is 1.35. The van der Waals surface area contributed by atoms with Crippen molar-refractivity contribution in [3.63, 3.8) is 0 Å². The van der Waals surface area contributed by atoms with Crippen LogP contribution in [0.3, 0.4) is 0 Å². The molecule has 0 aliphatic heterocycles. The lowest BCUT2D eigenvalue weighted by atomic mass is 10.8. The van der Waals surface area contributed by atoms with E-state index in [2.05, 4.69) is 12.5 Å². The third kappa shape index (κ3) is 3.43. The molecule has 0 heterocycles. The number of nitrogens with one attached hydrogen (secondary N) is 1. The quantitative estimate of drug-likeness (QED) is 0.177. The highest BCUT2D eigenvalue weighted by Gasteiger charge is 1.78. The molecular formula is C3H10N2O. The molecule has 3 N–H and O–H groups in total. The van der Waals surface area contributed by atoms with Gasteiger partial charge in [0.05, 0.1) is 0 Å². The van der Waals surface area contributed by atoms with Crippen LogP contribution in [0.25, 0.3) is 0 Å². The highest BCUT2D eigenvalue weighted by atomic mass is 16.2. The lowest BCUT2D eigenvalue weighted by Gasteiger charge is -1.94. The van der Waals surface area contributed by atoms with Crippen LogP contribution < -0.4 is 10.9 Å². The van der Waals surface area contributed by atoms with Gasteiger partial charge in [0.2, 0.25) is 0 Å². The fourth-order valence-electron chi connectivity index (χ4n) is 0.144. The van der Waals surface area contributed by atoms with Gasteiger partial charge in [-0.05, 0) is 0 Å². The maximum Gasteiger partial charge on any atom is 0.259 e. The van der Waals surface area contributed by atoms with Crippen molar-refractivity contribution >= 4 is 5.91 Å². The predicted molar refractivity (Wildman–Crippen MR) is 23.2 cm³/mol. The van der Waals surface area contributed by atoms with Crippen LogP contribution in [0.5, 0.6) is 0 Å². The van der Waals surface area contributed by atoms with Gasteiger partial charge in [0, 0.05) is 8.35 Å². The Morgan fingerprint density at radius 3 is 2.67 bits per heavy atom. The second-order valence-electron chi connectivity index (χ2n) is 0.905. The van der Waals surface area contributed by atoms with Crippen molar-refractivity contribution in [1.29, 1.82) is 0 Å². The van der Waals surface area contributed by atoms with Gasteiger partial charge in [-0.3, -0.25) is 4.79 Å². The second-order valence-corrected chi connectivity index (χ2v) is 0.905. The molecular weight excluding hydrogens is 80.0 g/mol. The van der Waals surface area contributed by atoms with Crippen LogP contribution in [0.4, 0.5) is 0 Å². The van der Waals surface area contributed by atoms with Crippen LogP contribution in [-0.4, -0.2) is 5.91 Å². The summed E-state index contributed by atoms with van der Waals surface area (Å²) in [7, 11) is 3.27. The molecule has 0 spiro atoms. The van der Waals surface area contributed by atoms with Gasteiger partial charge in [-0.2, -0.15) is 0 Å². The monoisotopic (exact) mass is 90.1 g/mol. The molecule has 38 valence electrons. The second kappa shape index (κ2) is 2.66. The maximum atomic E-state index is 9.86. The number of hydrogen-bond donors (Lipinski definition) is 2. The number of amides is 1. The number of carbonyl (C=O) groups excluding carboxylic acids is 1. The zero-order chi connectivity index (χ0) is 4.99. The summed E-state index contributed by atoms with van der Waals surface area (Å²) in [5, 5.41) is 0. The van der Waals surface area contributed by atoms with E-state index < -0.39 is 0 Å². The first kappa shape index (κ1) is 5.43. The normalized spacial score (nSPS) is 7.67. The first-order valence-electron chi connectivity index (χ1n) is 1.65. The summed E-state index contributed by atoms with van der Waals surface area (Å²) < 4.78 is 0. The van der Waals surface area contributed by atoms with Gasteiger partial charge in [0.25, 0.3) is 5.91 Å². The van der Waals surface area contributed by atoms with Crippen LogP contribution in [-0.2, 0) is 4.79 Å². The molecule has 6 heavy (non-hydrogen) atoms. The minimum Gasteiger partial charge on any atom is -0.373 e. The number of hydrogen-bond acceptors (Lipinski definition) is 1. The van der Waals surface area contributed by atoms with E-state index in [9.17, 15) is 4.79 Å². The molecule has 3 heteroatoms. The van der Waals surface area contributed by atoms with Crippen molar-refractivity contribution in [3.05, 3.63) is 7.05 Å². The van der Waals surface area contributed by atoms with Crippen LogP contribution in [0.1, 0.15) is 8.35 Å². The lowest BCUT2D eigenvalue weighted by molar-refractivity contribution is -0.642. The number of quaternary nitrogens is 1. The van der Waals surface area contributed by atoms with E-state index in [1.54, 1.807) is 0 Å². The molecule has 0 aliphatic rings. The molecule has 0 aromatic heterocycles. The molecule has 1 amide bonds. The van der Waals surface area contributed by atoms with Gasteiger partial charge in [-0.25, -0.2) is 5.43 Å². The molecule has 0 saturated heterocycles. The first-order valence-corrected chi connectivity index (χ1v) is 1.65. The number of rotatable bonds is 1. The Kier molecular flexibility index (Phi) is 2.40. The molecule has 0 bridgehead atoms. The summed E-state index contributed by atoms with van der Waals surface area (Å²) in [5.41, 5.74) is 3.68. The van der Waals surface area contributed by atoms with E-state index in [1.165, 1.54) is 12.3 Å². The van der Waals surface area contributed by atoms with E-state index in [0.717, 1.165) is 0 Å². The van der Waals surface area contributed by atoms with Crippen molar-refractivity contribution in [3.8, 4) is 0 Å². The number of nitrogens with two attached hydrogens (primary N) is 1. The predicted octanol–water partition coefficient (Wildman–Crippen LogP) is -1.36. The molecule has 0 rings (SSSR count). The Morgan fingerprint density at radius 1 is 2.17 bits per heavy atom. The summed E-state index contributed by atoms with van der Waals surface area (Å²) in [6.07, 6.45) is 0. The third-order valence-electron chi connectivity index (χ3n) is 0.305. The maximum absolute atomic E-state index is 9.86. The van der Waals surface area contributed by atoms with Crippen LogP contribution in [0.15, 0.2) is 0 Å². The minimum absolute atomic E-state index is 0. The van der Waals surface area contributed by atoms with Gasteiger partial charge in [-0.15, -0.1) is 7.05 Å². The lowest BCUT2D eigenvalue weighted by Crippen LogP contribution is -2.88. The van der Waals surface area contributed by atoms with Gasteiger partial charge in [-0.1, -0.05) is 0 Å². The summed E-state index contributed by atoms with van der Waals surface area (Å²) in [4.78, 5) is 9.86. The van der Waals surface area contributed by atoms with Gasteiger partial charge in [0.15, 0.2) is 0 Å². The largest absolute Gasteiger partial charge is 0.373 e. The summed E-state index contributed by atoms with van der Waals surface area (Å²) in [6.45, 7) is 1.43. The molecule has 3 nitrogen and oxygen atoms in total. The van der Waals surface area contributed by atoms with Crippen LogP contribution in [0, 0.1) is 7.05 Å². The Balaban J connectivity index is 0. The van der Waals surface area contributed by atoms with E-state index >= 15 is 0 Å². The smallest absolute Gasteiger partial charge is 0.259 e. The van der Waals surface area contributed by atoms with Crippen molar-refractivity contribution in [2.75, 3.05) is 0 Å². The van der Waals surface area contributed by atoms with Crippen LogP contribution in [0.2, 0.25) is 0 Å². The van der Waals surface area contributed by atoms with Crippen molar-refractivity contribution in [2.45, 2.75) is 6.92 Å². The highest BCUT2D eigenvalue weighted by molar-refractivity contribution is 5.71. The Bertz CT molecular complexity index is 56.9. The van der Waals surface area contributed by atoms with Gasteiger partial charge < -0.3 is 5.43 Å². The molecule has 0 saturated carbocycles. The molecule has 0 radical (unpaired) electrons. The van der Waals surface area contributed by atoms with E-state index in [4.69, 9.17) is 0 Å². The van der Waals surface area contributed by atoms with E-state index in [-0.39, 0.29) is 7.33 Å². The van der Waals surface area contributed by atoms with E-state index in [0.29, 0.717) is 0 Å². The van der Waals surface area contributed by atoms with Gasteiger partial charge >= 0.3 is 0 Å². The fourth-order valence-corrected chi connectivity index (χ4v) is 0.144. The highest BCUT2D eigenvalue weighted by Crippen LogP contribution is 1.41. The zero-order valence-corrected chi connectivity index (χ0v) is 3.69.